The molecule has 22 heavy (non-hydrogen) atoms. The summed E-state index contributed by atoms with van der Waals surface area (Å²) in [6.45, 7) is 1.71. The molecule has 0 aromatic heterocycles. The second kappa shape index (κ2) is 6.49. The molecule has 0 radical (unpaired) electrons. The average molecular weight is 299 g/mol. The molecule has 112 valence electrons. The van der Waals surface area contributed by atoms with Gasteiger partial charge in [-0.1, -0.05) is 0 Å². The molecule has 0 unspecified atom stereocenters. The van der Waals surface area contributed by atoms with Gasteiger partial charge in [0.2, 0.25) is 0 Å². The van der Waals surface area contributed by atoms with Crippen LogP contribution in [0.25, 0.3) is 0 Å². The number of carbonyl (C=O) groups is 1. The number of aromatic hydroxyl groups is 1. The van der Waals surface area contributed by atoms with Crippen LogP contribution in [0.5, 0.6) is 5.75 Å². The highest BCUT2D eigenvalue weighted by atomic mass is 16.6. The molecular formula is C15H13N3O4. The monoisotopic (exact) mass is 299 g/mol. The third-order valence-corrected chi connectivity index (χ3v) is 2.95. The molecule has 0 heterocycles. The second-order valence-corrected chi connectivity index (χ2v) is 4.49. The lowest BCUT2D eigenvalue weighted by molar-refractivity contribution is -0.384. The Hall–Kier alpha value is -3.22. The van der Waals surface area contributed by atoms with Gasteiger partial charge in [-0.2, -0.15) is 5.10 Å². The highest BCUT2D eigenvalue weighted by Gasteiger charge is 2.09. The standard InChI is InChI=1S/C15H13N3O4/c1-10(11-4-8-14(19)9-5-11)16-17-15(20)12-2-6-13(7-3-12)18(21)22/h2-9,19H,1H3,(H,17,20)/b16-10-. The summed E-state index contributed by atoms with van der Waals surface area (Å²) in [4.78, 5) is 21.9. The van der Waals surface area contributed by atoms with Crippen molar-refractivity contribution in [3.63, 3.8) is 0 Å². The highest BCUT2D eigenvalue weighted by Crippen LogP contribution is 2.12. The molecule has 2 aromatic rings. The number of rotatable bonds is 4. The number of benzene rings is 2. The topological polar surface area (TPSA) is 105 Å². The van der Waals surface area contributed by atoms with Crippen molar-refractivity contribution in [1.29, 1.82) is 0 Å². The van der Waals surface area contributed by atoms with Crippen molar-refractivity contribution in [2.24, 2.45) is 5.10 Å². The maximum atomic E-state index is 11.9. The number of nitro benzene ring substituents is 1. The van der Waals surface area contributed by atoms with Crippen LogP contribution >= 0.6 is 0 Å². The Bertz CT molecular complexity index is 721. The fraction of sp³-hybridized carbons (Fsp3) is 0.0667. The molecule has 0 aliphatic heterocycles. The van der Waals surface area contributed by atoms with Gasteiger partial charge < -0.3 is 5.11 Å². The van der Waals surface area contributed by atoms with E-state index in [1.165, 1.54) is 36.4 Å². The number of hydrogen-bond donors (Lipinski definition) is 2. The third kappa shape index (κ3) is 3.66. The zero-order valence-corrected chi connectivity index (χ0v) is 11.7. The number of nitrogens with one attached hydrogen (secondary N) is 1. The van der Waals surface area contributed by atoms with E-state index in [9.17, 15) is 20.0 Å². The maximum absolute atomic E-state index is 11.9. The minimum Gasteiger partial charge on any atom is -0.508 e. The fourth-order valence-electron chi connectivity index (χ4n) is 1.70. The summed E-state index contributed by atoms with van der Waals surface area (Å²) in [5.41, 5.74) is 3.88. The summed E-state index contributed by atoms with van der Waals surface area (Å²) in [6, 6.07) is 11.6. The normalized spacial score (nSPS) is 11.0. The number of nitro groups is 1. The van der Waals surface area contributed by atoms with Crippen LogP contribution < -0.4 is 5.43 Å². The Morgan fingerprint density at radius 3 is 2.18 bits per heavy atom. The van der Waals surface area contributed by atoms with E-state index < -0.39 is 10.8 Å². The molecule has 0 atom stereocenters. The Labute approximate surface area is 126 Å². The van der Waals surface area contributed by atoms with Crippen molar-refractivity contribution < 1.29 is 14.8 Å². The van der Waals surface area contributed by atoms with E-state index >= 15 is 0 Å². The Balaban J connectivity index is 2.06. The summed E-state index contributed by atoms with van der Waals surface area (Å²) < 4.78 is 0. The van der Waals surface area contributed by atoms with Gasteiger partial charge in [0.15, 0.2) is 0 Å². The first kappa shape index (κ1) is 15.2. The Morgan fingerprint density at radius 2 is 1.64 bits per heavy atom. The van der Waals surface area contributed by atoms with Crippen molar-refractivity contribution in [3.8, 4) is 5.75 Å². The number of amides is 1. The molecule has 0 saturated carbocycles. The predicted octanol–water partition coefficient (Wildman–Crippen LogP) is 2.45. The van der Waals surface area contributed by atoms with Crippen LogP contribution in [0.15, 0.2) is 53.6 Å². The van der Waals surface area contributed by atoms with Gasteiger partial charge in [-0.3, -0.25) is 14.9 Å². The molecule has 7 heteroatoms. The van der Waals surface area contributed by atoms with Crippen LogP contribution in [0.3, 0.4) is 0 Å². The molecule has 2 rings (SSSR count). The lowest BCUT2D eigenvalue weighted by atomic mass is 10.1. The van der Waals surface area contributed by atoms with Crippen LogP contribution in [0.4, 0.5) is 5.69 Å². The van der Waals surface area contributed by atoms with Crippen molar-refractivity contribution in [1.82, 2.24) is 5.43 Å². The number of non-ortho nitro benzene ring substituents is 1. The molecule has 0 saturated heterocycles. The van der Waals surface area contributed by atoms with Crippen molar-refractivity contribution >= 4 is 17.3 Å². The molecule has 0 spiro atoms. The van der Waals surface area contributed by atoms with Crippen LogP contribution in [0.2, 0.25) is 0 Å². The minimum absolute atomic E-state index is 0.0830. The Morgan fingerprint density at radius 1 is 1.09 bits per heavy atom. The first-order valence-electron chi connectivity index (χ1n) is 6.36. The lowest BCUT2D eigenvalue weighted by Gasteiger charge is -2.03. The zero-order valence-electron chi connectivity index (χ0n) is 11.7. The summed E-state index contributed by atoms with van der Waals surface area (Å²) in [5.74, 6) is -0.320. The smallest absolute Gasteiger partial charge is 0.271 e. The van der Waals surface area contributed by atoms with Crippen LogP contribution in [-0.4, -0.2) is 21.6 Å². The van der Waals surface area contributed by atoms with Gasteiger partial charge in [-0.25, -0.2) is 5.43 Å². The van der Waals surface area contributed by atoms with E-state index in [1.807, 2.05) is 0 Å². The van der Waals surface area contributed by atoms with Crippen LogP contribution in [0.1, 0.15) is 22.8 Å². The van der Waals surface area contributed by atoms with E-state index in [0.717, 1.165) is 5.56 Å². The van der Waals surface area contributed by atoms with Gasteiger partial charge in [-0.15, -0.1) is 0 Å². The van der Waals surface area contributed by atoms with Gasteiger partial charge in [0.1, 0.15) is 5.75 Å². The highest BCUT2D eigenvalue weighted by molar-refractivity contribution is 6.00. The van der Waals surface area contributed by atoms with E-state index in [1.54, 1.807) is 19.1 Å². The molecule has 0 bridgehead atoms. The summed E-state index contributed by atoms with van der Waals surface area (Å²) >= 11 is 0. The second-order valence-electron chi connectivity index (χ2n) is 4.49. The summed E-state index contributed by atoms with van der Waals surface area (Å²) in [7, 11) is 0. The van der Waals surface area contributed by atoms with E-state index in [0.29, 0.717) is 5.71 Å². The average Bonchev–Trinajstić information content (AvgIpc) is 2.53. The van der Waals surface area contributed by atoms with E-state index in [2.05, 4.69) is 10.5 Å². The zero-order chi connectivity index (χ0) is 16.1. The lowest BCUT2D eigenvalue weighted by Crippen LogP contribution is -2.19. The maximum Gasteiger partial charge on any atom is 0.271 e. The van der Waals surface area contributed by atoms with Crippen molar-refractivity contribution in [2.45, 2.75) is 6.92 Å². The van der Waals surface area contributed by atoms with Crippen molar-refractivity contribution in [2.75, 3.05) is 0 Å². The molecular weight excluding hydrogens is 286 g/mol. The quantitative estimate of drug-likeness (QED) is 0.514. The largest absolute Gasteiger partial charge is 0.508 e. The van der Waals surface area contributed by atoms with Gasteiger partial charge in [0, 0.05) is 17.7 Å². The van der Waals surface area contributed by atoms with Gasteiger partial charge in [0.25, 0.3) is 11.6 Å². The van der Waals surface area contributed by atoms with E-state index in [-0.39, 0.29) is 17.0 Å². The number of hydrogen-bond acceptors (Lipinski definition) is 5. The summed E-state index contributed by atoms with van der Waals surface area (Å²) in [5, 5.41) is 23.7. The minimum atomic E-state index is -0.533. The molecule has 2 N–H and O–H groups in total. The molecule has 1 amide bonds. The number of phenolic OH excluding ortho intramolecular Hbond substituents is 1. The molecule has 0 aliphatic rings. The number of hydrazone groups is 1. The summed E-state index contributed by atoms with van der Waals surface area (Å²) in [6.07, 6.45) is 0. The fourth-order valence-corrected chi connectivity index (χ4v) is 1.70. The molecule has 7 nitrogen and oxygen atoms in total. The van der Waals surface area contributed by atoms with Crippen LogP contribution in [0, 0.1) is 10.1 Å². The van der Waals surface area contributed by atoms with Gasteiger partial charge >= 0.3 is 0 Å². The third-order valence-electron chi connectivity index (χ3n) is 2.95. The van der Waals surface area contributed by atoms with E-state index in [4.69, 9.17) is 0 Å². The predicted molar refractivity (Wildman–Crippen MR) is 80.9 cm³/mol. The molecule has 0 fully saturated rings. The van der Waals surface area contributed by atoms with Gasteiger partial charge in [-0.05, 0) is 48.9 Å². The number of nitrogens with zero attached hydrogens (tertiary/aromatic N) is 2. The van der Waals surface area contributed by atoms with Crippen molar-refractivity contribution in [3.05, 3.63) is 69.8 Å². The first-order valence-corrected chi connectivity index (χ1v) is 6.36. The number of phenols is 1. The first-order chi connectivity index (χ1) is 10.5. The van der Waals surface area contributed by atoms with Gasteiger partial charge in [0.05, 0.1) is 10.6 Å². The SMILES string of the molecule is C/C(=N/NC(=O)c1ccc([N+](=O)[O-])cc1)c1ccc(O)cc1. The molecule has 0 aliphatic carbocycles. The van der Waals surface area contributed by atoms with Crippen LogP contribution in [-0.2, 0) is 0 Å². The Kier molecular flexibility index (Phi) is 4.47. The molecule has 2 aromatic carbocycles. The number of carbonyl (C=O) groups excluding carboxylic acids is 1.